The minimum absolute atomic E-state index is 0.490. The summed E-state index contributed by atoms with van der Waals surface area (Å²) in [4.78, 5) is 2.25. The zero-order chi connectivity index (χ0) is 13.4. The van der Waals surface area contributed by atoms with Crippen molar-refractivity contribution >= 4 is 0 Å². The van der Waals surface area contributed by atoms with Crippen molar-refractivity contribution in [3.63, 3.8) is 0 Å². The molecule has 18 heavy (non-hydrogen) atoms. The highest BCUT2D eigenvalue weighted by Crippen LogP contribution is 2.17. The average molecular weight is 250 g/mol. The van der Waals surface area contributed by atoms with Crippen molar-refractivity contribution in [3.05, 3.63) is 29.8 Å². The molecule has 0 aromatic heterocycles. The van der Waals surface area contributed by atoms with Gasteiger partial charge in [-0.15, -0.1) is 0 Å². The maximum absolute atomic E-state index is 5.86. The van der Waals surface area contributed by atoms with Crippen molar-refractivity contribution in [2.45, 2.75) is 33.4 Å². The molecule has 0 fully saturated rings. The van der Waals surface area contributed by atoms with E-state index in [0.717, 1.165) is 32.0 Å². The lowest BCUT2D eigenvalue weighted by Gasteiger charge is -2.16. The van der Waals surface area contributed by atoms with E-state index in [9.17, 15) is 0 Å². The zero-order valence-electron chi connectivity index (χ0n) is 12.1. The molecule has 3 heteroatoms. The van der Waals surface area contributed by atoms with Gasteiger partial charge in [-0.05, 0) is 19.7 Å². The van der Waals surface area contributed by atoms with Crippen molar-refractivity contribution in [1.29, 1.82) is 0 Å². The minimum Gasteiger partial charge on any atom is -0.492 e. The van der Waals surface area contributed by atoms with Crippen LogP contribution in [0.15, 0.2) is 24.3 Å². The summed E-state index contributed by atoms with van der Waals surface area (Å²) in [6.07, 6.45) is 0. The summed E-state index contributed by atoms with van der Waals surface area (Å²) >= 11 is 0. The maximum atomic E-state index is 5.86. The van der Waals surface area contributed by atoms with Crippen LogP contribution in [0.3, 0.4) is 0 Å². The van der Waals surface area contributed by atoms with Crippen molar-refractivity contribution in [3.8, 4) is 5.75 Å². The van der Waals surface area contributed by atoms with E-state index in [1.165, 1.54) is 5.56 Å². The summed E-state index contributed by atoms with van der Waals surface area (Å²) in [7, 11) is 2.11. The third-order valence-corrected chi connectivity index (χ3v) is 2.94. The molecule has 102 valence electrons. The summed E-state index contributed by atoms with van der Waals surface area (Å²) in [6.45, 7) is 10.1. The Morgan fingerprint density at radius 3 is 2.67 bits per heavy atom. The van der Waals surface area contributed by atoms with E-state index in [-0.39, 0.29) is 0 Å². The fourth-order valence-corrected chi connectivity index (χ4v) is 1.57. The molecule has 0 saturated heterocycles. The van der Waals surface area contributed by atoms with Crippen LogP contribution in [0.25, 0.3) is 0 Å². The van der Waals surface area contributed by atoms with Crippen LogP contribution in [-0.2, 0) is 6.54 Å². The molecule has 0 atom stereocenters. The highest BCUT2D eigenvalue weighted by atomic mass is 16.5. The Bertz CT molecular complexity index is 339. The third-order valence-electron chi connectivity index (χ3n) is 2.94. The predicted octanol–water partition coefficient (Wildman–Crippen LogP) is 2.52. The standard InChI is InChI=1S/C15H26N2O/c1-5-17(4)10-11-18-15-9-7-6-8-14(15)12-16-13(2)3/h6-9,13,16H,5,10-12H2,1-4H3. The molecule has 0 aliphatic rings. The van der Waals surface area contributed by atoms with Gasteiger partial charge in [0.05, 0.1) is 0 Å². The molecule has 0 radical (unpaired) electrons. The highest BCUT2D eigenvalue weighted by molar-refractivity contribution is 5.33. The van der Waals surface area contributed by atoms with E-state index in [1.54, 1.807) is 0 Å². The first kappa shape index (κ1) is 15.0. The lowest BCUT2D eigenvalue weighted by molar-refractivity contribution is 0.242. The Hall–Kier alpha value is -1.06. The van der Waals surface area contributed by atoms with Gasteiger partial charge in [0.25, 0.3) is 0 Å². The number of hydrogen-bond donors (Lipinski definition) is 1. The first-order valence-corrected chi connectivity index (χ1v) is 6.76. The molecule has 0 saturated carbocycles. The molecule has 0 bridgehead atoms. The van der Waals surface area contributed by atoms with Gasteiger partial charge in [0.15, 0.2) is 0 Å². The number of benzene rings is 1. The lowest BCUT2D eigenvalue weighted by atomic mass is 10.2. The van der Waals surface area contributed by atoms with Crippen molar-refractivity contribution < 1.29 is 4.74 Å². The van der Waals surface area contributed by atoms with Crippen molar-refractivity contribution in [1.82, 2.24) is 10.2 Å². The van der Waals surface area contributed by atoms with Crippen LogP contribution in [0.5, 0.6) is 5.75 Å². The molecular weight excluding hydrogens is 224 g/mol. The van der Waals surface area contributed by atoms with Gasteiger partial charge in [0.2, 0.25) is 0 Å². The van der Waals surface area contributed by atoms with Crippen LogP contribution in [0.1, 0.15) is 26.3 Å². The molecule has 0 unspecified atom stereocenters. The molecule has 0 aliphatic carbocycles. The fraction of sp³-hybridized carbons (Fsp3) is 0.600. The van der Waals surface area contributed by atoms with Gasteiger partial charge in [-0.2, -0.15) is 0 Å². The third kappa shape index (κ3) is 5.52. The first-order chi connectivity index (χ1) is 8.63. The summed E-state index contributed by atoms with van der Waals surface area (Å²) < 4.78 is 5.86. The molecule has 0 spiro atoms. The van der Waals surface area contributed by atoms with E-state index >= 15 is 0 Å². The Labute approximate surface area is 111 Å². The van der Waals surface area contributed by atoms with Gasteiger partial charge in [-0.25, -0.2) is 0 Å². The average Bonchev–Trinajstić information content (AvgIpc) is 2.37. The van der Waals surface area contributed by atoms with Gasteiger partial charge in [0.1, 0.15) is 12.4 Å². The smallest absolute Gasteiger partial charge is 0.123 e. The van der Waals surface area contributed by atoms with E-state index in [0.29, 0.717) is 6.04 Å². The quantitative estimate of drug-likeness (QED) is 0.767. The Morgan fingerprint density at radius 1 is 1.28 bits per heavy atom. The zero-order valence-corrected chi connectivity index (χ0v) is 12.1. The molecule has 1 aromatic carbocycles. The van der Waals surface area contributed by atoms with Crippen LogP contribution in [0.2, 0.25) is 0 Å². The van der Waals surface area contributed by atoms with Crippen LogP contribution < -0.4 is 10.1 Å². The van der Waals surface area contributed by atoms with E-state index in [2.05, 4.69) is 50.2 Å². The molecule has 3 nitrogen and oxygen atoms in total. The molecule has 1 N–H and O–H groups in total. The number of ether oxygens (including phenoxy) is 1. The van der Waals surface area contributed by atoms with E-state index in [4.69, 9.17) is 4.74 Å². The predicted molar refractivity (Wildman–Crippen MR) is 77.1 cm³/mol. The number of hydrogen-bond acceptors (Lipinski definition) is 3. The molecule has 0 aliphatic heterocycles. The molecule has 1 aromatic rings. The van der Waals surface area contributed by atoms with Crippen molar-refractivity contribution in [2.75, 3.05) is 26.7 Å². The lowest BCUT2D eigenvalue weighted by Crippen LogP contribution is -2.25. The summed E-state index contributed by atoms with van der Waals surface area (Å²) in [5.41, 5.74) is 1.23. The Balaban J connectivity index is 2.48. The molecule has 0 heterocycles. The van der Waals surface area contributed by atoms with E-state index in [1.807, 2.05) is 12.1 Å². The van der Waals surface area contributed by atoms with Crippen LogP contribution in [0, 0.1) is 0 Å². The van der Waals surface area contributed by atoms with Crippen LogP contribution in [0.4, 0.5) is 0 Å². The van der Waals surface area contributed by atoms with Gasteiger partial charge in [-0.3, -0.25) is 0 Å². The van der Waals surface area contributed by atoms with Gasteiger partial charge in [0, 0.05) is 24.7 Å². The number of nitrogens with one attached hydrogen (secondary N) is 1. The minimum atomic E-state index is 0.490. The van der Waals surface area contributed by atoms with Gasteiger partial charge < -0.3 is 15.0 Å². The summed E-state index contributed by atoms with van der Waals surface area (Å²) in [5, 5.41) is 3.42. The highest BCUT2D eigenvalue weighted by Gasteiger charge is 2.04. The second-order valence-corrected chi connectivity index (χ2v) is 4.89. The molecular formula is C15H26N2O. The Kier molecular flexibility index (Phi) is 6.76. The monoisotopic (exact) mass is 250 g/mol. The van der Waals surface area contributed by atoms with Crippen LogP contribution in [-0.4, -0.2) is 37.7 Å². The van der Waals surface area contributed by atoms with Crippen molar-refractivity contribution in [2.24, 2.45) is 0 Å². The summed E-state index contributed by atoms with van der Waals surface area (Å²) in [6, 6.07) is 8.74. The SMILES string of the molecule is CCN(C)CCOc1ccccc1CNC(C)C. The molecule has 0 amide bonds. The van der Waals surface area contributed by atoms with Gasteiger partial charge in [-0.1, -0.05) is 39.0 Å². The van der Waals surface area contributed by atoms with Crippen LogP contribution >= 0.6 is 0 Å². The normalized spacial score (nSPS) is 11.2. The number of rotatable bonds is 8. The fourth-order valence-electron chi connectivity index (χ4n) is 1.57. The maximum Gasteiger partial charge on any atom is 0.123 e. The Morgan fingerprint density at radius 2 is 2.00 bits per heavy atom. The largest absolute Gasteiger partial charge is 0.492 e. The number of para-hydroxylation sites is 1. The van der Waals surface area contributed by atoms with Gasteiger partial charge >= 0.3 is 0 Å². The first-order valence-electron chi connectivity index (χ1n) is 6.76. The topological polar surface area (TPSA) is 24.5 Å². The van der Waals surface area contributed by atoms with E-state index < -0.39 is 0 Å². The molecule has 1 rings (SSSR count). The summed E-state index contributed by atoms with van der Waals surface area (Å²) in [5.74, 6) is 0.996. The number of likely N-dealkylation sites (N-methyl/N-ethyl adjacent to an activating group) is 1. The second-order valence-electron chi connectivity index (χ2n) is 4.89. The number of nitrogens with zero attached hydrogens (tertiary/aromatic N) is 1. The second kappa shape index (κ2) is 8.11.